The van der Waals surface area contributed by atoms with E-state index in [4.69, 9.17) is 4.74 Å². The van der Waals surface area contributed by atoms with Crippen LogP contribution in [-0.2, 0) is 18.3 Å². The molecule has 3 aliphatic rings. The summed E-state index contributed by atoms with van der Waals surface area (Å²) in [7, 11) is 1.78. The third kappa shape index (κ3) is 2.90. The first-order valence-corrected chi connectivity index (χ1v) is 11.7. The Balaban J connectivity index is 1.41. The van der Waals surface area contributed by atoms with Crippen LogP contribution in [0.4, 0.5) is 0 Å². The highest BCUT2D eigenvalue weighted by atomic mass is 16.5. The second-order valence-electron chi connectivity index (χ2n) is 9.90. The Labute approximate surface area is 179 Å². The number of nitrogens with zero attached hydrogens (tertiary/aromatic N) is 1. The van der Waals surface area contributed by atoms with Crippen molar-refractivity contribution in [3.05, 3.63) is 65.4 Å². The van der Waals surface area contributed by atoms with Crippen molar-refractivity contribution in [3.8, 4) is 5.75 Å². The molecular weight excluding hydrogens is 368 g/mol. The zero-order valence-corrected chi connectivity index (χ0v) is 18.0. The van der Waals surface area contributed by atoms with E-state index >= 15 is 0 Å². The fourth-order valence-electron chi connectivity index (χ4n) is 6.46. The molecule has 0 radical (unpaired) electrons. The summed E-state index contributed by atoms with van der Waals surface area (Å²) in [4.78, 5) is 6.57. The van der Waals surface area contributed by atoms with Gasteiger partial charge in [0.25, 0.3) is 0 Å². The number of hydrogen-bond donors (Lipinski definition) is 1. The van der Waals surface area contributed by atoms with Gasteiger partial charge >= 0.3 is 0 Å². The van der Waals surface area contributed by atoms with Crippen molar-refractivity contribution in [3.63, 3.8) is 0 Å². The predicted molar refractivity (Wildman–Crippen MR) is 122 cm³/mol. The molecule has 6 rings (SSSR count). The Kier molecular flexibility index (Phi) is 4.42. The molecule has 1 aliphatic heterocycles. The number of aromatic nitrogens is 1. The number of aromatic amines is 1. The standard InChI is InChI=1S/C27H32N2O/c1-30-22-9-5-8-20(14-22)27-12-13-29(17-19-6-4-7-19)18-21(27)15-24-23-10-2-3-11-25(23)28-26(24)16-27/h2-3,5,8-11,14,19,21,28H,4,6-7,12-13,15-18H2,1H3/t21?,27-/m1/s1. The van der Waals surface area contributed by atoms with Crippen molar-refractivity contribution in [2.24, 2.45) is 11.8 Å². The van der Waals surface area contributed by atoms with E-state index in [9.17, 15) is 0 Å². The zero-order chi connectivity index (χ0) is 20.1. The summed E-state index contributed by atoms with van der Waals surface area (Å²) in [6, 6.07) is 17.8. The smallest absolute Gasteiger partial charge is 0.119 e. The first-order chi connectivity index (χ1) is 14.7. The minimum absolute atomic E-state index is 0.207. The van der Waals surface area contributed by atoms with Crippen LogP contribution < -0.4 is 4.74 Å². The van der Waals surface area contributed by atoms with Gasteiger partial charge in [-0.3, -0.25) is 0 Å². The number of benzene rings is 2. The fourth-order valence-corrected chi connectivity index (χ4v) is 6.46. The lowest BCUT2D eigenvalue weighted by atomic mass is 9.58. The molecule has 0 spiro atoms. The van der Waals surface area contributed by atoms with Gasteiger partial charge in [0.15, 0.2) is 0 Å². The first kappa shape index (κ1) is 18.5. The number of piperidine rings is 1. The van der Waals surface area contributed by atoms with E-state index < -0.39 is 0 Å². The van der Waals surface area contributed by atoms with E-state index in [2.05, 4.69) is 58.4 Å². The Morgan fingerprint density at radius 3 is 2.87 bits per heavy atom. The van der Waals surface area contributed by atoms with Crippen LogP contribution in [0.3, 0.4) is 0 Å². The molecule has 0 bridgehead atoms. The average molecular weight is 401 g/mol. The molecule has 0 amide bonds. The second-order valence-corrected chi connectivity index (χ2v) is 9.90. The molecule has 30 heavy (non-hydrogen) atoms. The summed E-state index contributed by atoms with van der Waals surface area (Å²) in [6.07, 6.45) is 7.86. The summed E-state index contributed by atoms with van der Waals surface area (Å²) >= 11 is 0. The molecule has 2 aromatic carbocycles. The average Bonchev–Trinajstić information content (AvgIpc) is 3.11. The molecule has 1 saturated heterocycles. The van der Waals surface area contributed by atoms with Gasteiger partial charge in [-0.25, -0.2) is 0 Å². The van der Waals surface area contributed by atoms with Gasteiger partial charge in [-0.1, -0.05) is 36.8 Å². The third-order valence-electron chi connectivity index (χ3n) is 8.36. The van der Waals surface area contributed by atoms with Gasteiger partial charge in [0, 0.05) is 35.1 Å². The summed E-state index contributed by atoms with van der Waals surface area (Å²) in [5.74, 6) is 2.59. The van der Waals surface area contributed by atoms with E-state index in [0.717, 1.165) is 18.1 Å². The highest BCUT2D eigenvalue weighted by molar-refractivity contribution is 5.85. The number of hydrogen-bond acceptors (Lipinski definition) is 2. The number of ether oxygens (including phenoxy) is 1. The Morgan fingerprint density at radius 1 is 1.13 bits per heavy atom. The molecule has 1 unspecified atom stereocenters. The van der Waals surface area contributed by atoms with Crippen LogP contribution >= 0.6 is 0 Å². The van der Waals surface area contributed by atoms with E-state index in [-0.39, 0.29) is 5.41 Å². The lowest BCUT2D eigenvalue weighted by molar-refractivity contribution is 0.0592. The number of methoxy groups -OCH3 is 1. The van der Waals surface area contributed by atoms with Crippen LogP contribution in [0.1, 0.15) is 42.5 Å². The molecule has 3 heteroatoms. The number of rotatable bonds is 4. The van der Waals surface area contributed by atoms with Gasteiger partial charge in [0.05, 0.1) is 7.11 Å². The van der Waals surface area contributed by atoms with Crippen molar-refractivity contribution in [2.45, 2.75) is 43.9 Å². The predicted octanol–water partition coefficient (Wildman–Crippen LogP) is 5.34. The van der Waals surface area contributed by atoms with E-state index in [1.165, 1.54) is 73.9 Å². The minimum Gasteiger partial charge on any atom is -0.497 e. The molecule has 3 nitrogen and oxygen atoms in total. The van der Waals surface area contributed by atoms with Gasteiger partial charge in [0.1, 0.15) is 5.75 Å². The Morgan fingerprint density at radius 2 is 2.03 bits per heavy atom. The van der Waals surface area contributed by atoms with Crippen LogP contribution in [0.5, 0.6) is 5.75 Å². The zero-order valence-electron chi connectivity index (χ0n) is 18.0. The van der Waals surface area contributed by atoms with Crippen molar-refractivity contribution in [1.29, 1.82) is 0 Å². The van der Waals surface area contributed by atoms with Crippen LogP contribution in [0, 0.1) is 11.8 Å². The number of fused-ring (bicyclic) bond motifs is 4. The van der Waals surface area contributed by atoms with Gasteiger partial charge in [0.2, 0.25) is 0 Å². The normalized spacial score (nSPS) is 26.8. The molecule has 1 N–H and O–H groups in total. The maximum Gasteiger partial charge on any atom is 0.119 e. The molecule has 156 valence electrons. The van der Waals surface area contributed by atoms with Gasteiger partial charge in [-0.15, -0.1) is 0 Å². The number of nitrogens with one attached hydrogen (secondary N) is 1. The monoisotopic (exact) mass is 400 g/mol. The van der Waals surface area contributed by atoms with Gasteiger partial charge in [-0.05, 0) is 79.8 Å². The molecule has 2 heterocycles. The fraction of sp³-hybridized carbons (Fsp3) is 0.481. The molecule has 2 atom stereocenters. The molecule has 3 aromatic rings. The maximum atomic E-state index is 5.62. The quantitative estimate of drug-likeness (QED) is 0.641. The third-order valence-corrected chi connectivity index (χ3v) is 8.36. The summed E-state index contributed by atoms with van der Waals surface area (Å²) in [5.41, 5.74) is 6.01. The highest BCUT2D eigenvalue weighted by Crippen LogP contribution is 2.49. The topological polar surface area (TPSA) is 28.3 Å². The second kappa shape index (κ2) is 7.16. The van der Waals surface area contributed by atoms with Crippen molar-refractivity contribution < 1.29 is 4.74 Å². The maximum absolute atomic E-state index is 5.62. The van der Waals surface area contributed by atoms with Crippen LogP contribution in [0.15, 0.2) is 48.5 Å². The summed E-state index contributed by atoms with van der Waals surface area (Å²) in [6.45, 7) is 3.76. The number of likely N-dealkylation sites (tertiary alicyclic amines) is 1. The Bertz CT molecular complexity index is 1070. The Hall–Kier alpha value is -2.26. The summed E-state index contributed by atoms with van der Waals surface area (Å²) in [5, 5.41) is 1.43. The molecule has 1 aromatic heterocycles. The number of para-hydroxylation sites is 1. The van der Waals surface area contributed by atoms with Crippen LogP contribution in [0.25, 0.3) is 10.9 Å². The van der Waals surface area contributed by atoms with Gasteiger partial charge < -0.3 is 14.6 Å². The van der Waals surface area contributed by atoms with Crippen molar-refractivity contribution in [1.82, 2.24) is 9.88 Å². The number of H-pyrrole nitrogens is 1. The molecular formula is C27H32N2O. The molecule has 2 fully saturated rings. The summed E-state index contributed by atoms with van der Waals surface area (Å²) < 4.78 is 5.62. The first-order valence-electron chi connectivity index (χ1n) is 11.7. The largest absolute Gasteiger partial charge is 0.497 e. The lowest BCUT2D eigenvalue weighted by Gasteiger charge is -2.52. The molecule has 1 saturated carbocycles. The molecule has 2 aliphatic carbocycles. The van der Waals surface area contributed by atoms with E-state index in [1.54, 1.807) is 12.7 Å². The van der Waals surface area contributed by atoms with Gasteiger partial charge in [-0.2, -0.15) is 0 Å². The van der Waals surface area contributed by atoms with Crippen LogP contribution in [0.2, 0.25) is 0 Å². The van der Waals surface area contributed by atoms with Crippen LogP contribution in [-0.4, -0.2) is 36.6 Å². The van der Waals surface area contributed by atoms with E-state index in [0.29, 0.717) is 5.92 Å². The highest BCUT2D eigenvalue weighted by Gasteiger charge is 2.48. The van der Waals surface area contributed by atoms with Crippen molar-refractivity contribution in [2.75, 3.05) is 26.7 Å². The van der Waals surface area contributed by atoms with Crippen molar-refractivity contribution >= 4 is 10.9 Å². The minimum atomic E-state index is 0.207. The van der Waals surface area contributed by atoms with E-state index in [1.807, 2.05) is 0 Å². The SMILES string of the molecule is COc1cccc([C@]23CCN(CC4CCC4)CC2Cc2c([nH]c4ccccc24)C3)c1. The lowest BCUT2D eigenvalue weighted by Crippen LogP contribution is -2.54.